The highest BCUT2D eigenvalue weighted by Crippen LogP contribution is 1.89. The maximum absolute atomic E-state index is 10.8. The van der Waals surface area contributed by atoms with Crippen molar-refractivity contribution in [3.63, 3.8) is 0 Å². The molecule has 0 radical (unpaired) electrons. The lowest BCUT2D eigenvalue weighted by atomic mass is 10.3. The molecular weight excluding hydrogens is 158 g/mol. The topological polar surface area (TPSA) is 47.6 Å². The van der Waals surface area contributed by atoms with E-state index in [1.165, 1.54) is 7.11 Å². The number of hydrogen-bond donors (Lipinski definition) is 1. The van der Waals surface area contributed by atoms with Gasteiger partial charge in [0.1, 0.15) is 0 Å². The van der Waals surface area contributed by atoms with E-state index in [0.717, 1.165) is 0 Å². The molecule has 0 unspecified atom stereocenters. The molecule has 0 fully saturated rings. The number of nitrogens with one attached hydrogen (secondary N) is 1. The van der Waals surface area contributed by atoms with E-state index >= 15 is 0 Å². The molecule has 0 aliphatic carbocycles. The smallest absolute Gasteiger partial charge is 0.334 e. The normalized spacial score (nSPS) is 9.50. The Morgan fingerprint density at radius 2 is 2.17 bits per heavy atom. The second-order valence-corrected chi connectivity index (χ2v) is 2.26. The summed E-state index contributed by atoms with van der Waals surface area (Å²) in [5.41, 5.74) is 0.425. The molecule has 0 amide bonds. The molecule has 0 aliphatic rings. The highest BCUT2D eigenvalue weighted by Gasteiger charge is 2.04. The fourth-order valence-electron chi connectivity index (χ4n) is 0.630. The highest BCUT2D eigenvalue weighted by atomic mass is 16.5. The predicted octanol–water partition coefficient (Wildman–Crippen LogP) is -0.0484. The first kappa shape index (κ1) is 11.1. The minimum absolute atomic E-state index is 0.375. The third-order valence-electron chi connectivity index (χ3n) is 1.30. The lowest BCUT2D eigenvalue weighted by Crippen LogP contribution is -2.24. The van der Waals surface area contributed by atoms with Gasteiger partial charge in [0.25, 0.3) is 0 Å². The van der Waals surface area contributed by atoms with Gasteiger partial charge in [0.05, 0.1) is 13.7 Å². The molecule has 4 nitrogen and oxygen atoms in total. The van der Waals surface area contributed by atoms with Crippen LogP contribution in [0.5, 0.6) is 0 Å². The SMILES string of the molecule is C=C(CNCCOC)C(=O)OC. The number of rotatable bonds is 6. The number of methoxy groups -OCH3 is 2. The standard InChI is InChI=1S/C8H15NO3/c1-7(8(10)12-3)6-9-4-5-11-2/h9H,1,4-6H2,2-3H3. The van der Waals surface area contributed by atoms with Crippen LogP contribution >= 0.6 is 0 Å². The Hall–Kier alpha value is -0.870. The zero-order chi connectivity index (χ0) is 9.40. The summed E-state index contributed by atoms with van der Waals surface area (Å²) >= 11 is 0. The average molecular weight is 173 g/mol. The molecule has 12 heavy (non-hydrogen) atoms. The Morgan fingerprint density at radius 3 is 2.67 bits per heavy atom. The number of esters is 1. The van der Waals surface area contributed by atoms with Crippen LogP contribution in [0.1, 0.15) is 0 Å². The number of carbonyl (C=O) groups is 1. The summed E-state index contributed by atoms with van der Waals surface area (Å²) in [5, 5.41) is 2.98. The van der Waals surface area contributed by atoms with Gasteiger partial charge in [0.15, 0.2) is 0 Å². The first-order valence-electron chi connectivity index (χ1n) is 3.68. The third kappa shape index (κ3) is 4.87. The van der Waals surface area contributed by atoms with Crippen molar-refractivity contribution in [2.45, 2.75) is 0 Å². The van der Waals surface area contributed by atoms with Crippen LogP contribution in [-0.2, 0) is 14.3 Å². The lowest BCUT2D eigenvalue weighted by molar-refractivity contribution is -0.136. The van der Waals surface area contributed by atoms with Crippen LogP contribution in [0.15, 0.2) is 12.2 Å². The molecule has 0 saturated heterocycles. The third-order valence-corrected chi connectivity index (χ3v) is 1.30. The van der Waals surface area contributed by atoms with Crippen LogP contribution in [-0.4, -0.2) is 39.9 Å². The molecule has 0 aromatic heterocycles. The quantitative estimate of drug-likeness (QED) is 0.347. The minimum Gasteiger partial charge on any atom is -0.466 e. The molecule has 0 aromatic rings. The lowest BCUT2D eigenvalue weighted by Gasteiger charge is -2.04. The van der Waals surface area contributed by atoms with Crippen molar-refractivity contribution in [1.82, 2.24) is 5.32 Å². The first-order chi connectivity index (χ1) is 5.72. The molecule has 70 valence electrons. The van der Waals surface area contributed by atoms with E-state index in [4.69, 9.17) is 4.74 Å². The van der Waals surface area contributed by atoms with Crippen LogP contribution in [0, 0.1) is 0 Å². The summed E-state index contributed by atoms with van der Waals surface area (Å²) in [7, 11) is 2.96. The van der Waals surface area contributed by atoms with E-state index in [9.17, 15) is 4.79 Å². The van der Waals surface area contributed by atoms with Crippen molar-refractivity contribution < 1.29 is 14.3 Å². The second kappa shape index (κ2) is 6.82. The minimum atomic E-state index is -0.375. The Morgan fingerprint density at radius 1 is 1.50 bits per heavy atom. The maximum Gasteiger partial charge on any atom is 0.334 e. The van der Waals surface area contributed by atoms with Gasteiger partial charge < -0.3 is 14.8 Å². The highest BCUT2D eigenvalue weighted by molar-refractivity contribution is 5.87. The van der Waals surface area contributed by atoms with Crippen LogP contribution in [0.25, 0.3) is 0 Å². The summed E-state index contributed by atoms with van der Waals surface area (Å²) < 4.78 is 9.26. The molecule has 0 aliphatic heterocycles. The molecule has 0 heterocycles. The summed E-state index contributed by atoms with van der Waals surface area (Å²) in [6, 6.07) is 0. The van der Waals surface area contributed by atoms with E-state index in [-0.39, 0.29) is 5.97 Å². The van der Waals surface area contributed by atoms with Gasteiger partial charge in [-0.1, -0.05) is 6.58 Å². The van der Waals surface area contributed by atoms with Gasteiger partial charge in [-0.25, -0.2) is 4.79 Å². The summed E-state index contributed by atoms with van der Waals surface area (Å²) in [6.07, 6.45) is 0. The van der Waals surface area contributed by atoms with Crippen molar-refractivity contribution in [2.24, 2.45) is 0 Å². The van der Waals surface area contributed by atoms with Crippen molar-refractivity contribution in [1.29, 1.82) is 0 Å². The zero-order valence-electron chi connectivity index (χ0n) is 7.55. The Labute approximate surface area is 72.5 Å². The van der Waals surface area contributed by atoms with Crippen LogP contribution in [0.3, 0.4) is 0 Å². The second-order valence-electron chi connectivity index (χ2n) is 2.26. The van der Waals surface area contributed by atoms with Crippen molar-refractivity contribution in [3.8, 4) is 0 Å². The molecule has 0 atom stereocenters. The molecule has 0 spiro atoms. The van der Waals surface area contributed by atoms with Crippen molar-refractivity contribution >= 4 is 5.97 Å². The predicted molar refractivity (Wildman–Crippen MR) is 45.9 cm³/mol. The van der Waals surface area contributed by atoms with E-state index in [1.807, 2.05) is 0 Å². The van der Waals surface area contributed by atoms with Crippen LogP contribution in [0.4, 0.5) is 0 Å². The molecule has 0 saturated carbocycles. The van der Waals surface area contributed by atoms with Gasteiger partial charge in [0, 0.05) is 25.8 Å². The van der Waals surface area contributed by atoms with Gasteiger partial charge in [-0.05, 0) is 0 Å². The molecule has 0 aromatic carbocycles. The largest absolute Gasteiger partial charge is 0.466 e. The number of hydrogen-bond acceptors (Lipinski definition) is 4. The zero-order valence-corrected chi connectivity index (χ0v) is 7.55. The summed E-state index contributed by atoms with van der Waals surface area (Å²) in [6.45, 7) is 5.31. The fraction of sp³-hybridized carbons (Fsp3) is 0.625. The van der Waals surface area contributed by atoms with Gasteiger partial charge in [-0.3, -0.25) is 0 Å². The van der Waals surface area contributed by atoms with Gasteiger partial charge in [-0.2, -0.15) is 0 Å². The van der Waals surface area contributed by atoms with E-state index in [0.29, 0.717) is 25.3 Å². The molecular formula is C8H15NO3. The maximum atomic E-state index is 10.8. The van der Waals surface area contributed by atoms with Crippen molar-refractivity contribution in [2.75, 3.05) is 33.9 Å². The molecule has 4 heteroatoms. The monoisotopic (exact) mass is 173 g/mol. The first-order valence-corrected chi connectivity index (χ1v) is 3.68. The van der Waals surface area contributed by atoms with Crippen molar-refractivity contribution in [3.05, 3.63) is 12.2 Å². The van der Waals surface area contributed by atoms with E-state index in [1.54, 1.807) is 7.11 Å². The number of carbonyl (C=O) groups excluding carboxylic acids is 1. The fourth-order valence-corrected chi connectivity index (χ4v) is 0.630. The summed E-state index contributed by atoms with van der Waals surface area (Å²) in [4.78, 5) is 10.8. The van der Waals surface area contributed by atoms with Crippen LogP contribution in [0.2, 0.25) is 0 Å². The Kier molecular flexibility index (Phi) is 6.32. The Balaban J connectivity index is 3.38. The van der Waals surface area contributed by atoms with E-state index in [2.05, 4.69) is 16.6 Å². The number of ether oxygens (including phenoxy) is 2. The molecule has 1 N–H and O–H groups in total. The van der Waals surface area contributed by atoms with Gasteiger partial charge >= 0.3 is 5.97 Å². The average Bonchev–Trinajstić information content (AvgIpc) is 2.10. The Bertz CT molecular complexity index is 156. The van der Waals surface area contributed by atoms with E-state index < -0.39 is 0 Å². The molecule has 0 bridgehead atoms. The van der Waals surface area contributed by atoms with Gasteiger partial charge in [-0.15, -0.1) is 0 Å². The van der Waals surface area contributed by atoms with Gasteiger partial charge in [0.2, 0.25) is 0 Å². The van der Waals surface area contributed by atoms with Crippen LogP contribution < -0.4 is 5.32 Å². The molecule has 0 rings (SSSR count). The summed E-state index contributed by atoms with van der Waals surface area (Å²) in [5.74, 6) is -0.375.